The zero-order valence-corrected chi connectivity index (χ0v) is 18.2. The summed E-state index contributed by atoms with van der Waals surface area (Å²) in [6, 6.07) is 14.0. The lowest BCUT2D eigenvalue weighted by Gasteiger charge is -2.25. The molecule has 6 nitrogen and oxygen atoms in total. The molecule has 1 aliphatic heterocycles. The number of amides is 1. The first-order chi connectivity index (χ1) is 13.8. The minimum absolute atomic E-state index is 0.112. The Labute approximate surface area is 173 Å². The van der Waals surface area contributed by atoms with Gasteiger partial charge in [-0.25, -0.2) is 8.42 Å². The normalized spacial score (nSPS) is 15.8. The maximum absolute atomic E-state index is 13.4. The second kappa shape index (κ2) is 8.97. The Hall–Kier alpha value is -2.38. The Balaban J connectivity index is 1.95. The monoisotopic (exact) mass is 415 g/mol. The molecule has 0 saturated carbocycles. The quantitative estimate of drug-likeness (QED) is 0.753. The minimum atomic E-state index is -3.78. The average Bonchev–Trinajstić information content (AvgIpc) is 2.93. The molecule has 156 valence electrons. The zero-order valence-electron chi connectivity index (χ0n) is 17.3. The Morgan fingerprint density at radius 1 is 1.03 bits per heavy atom. The van der Waals surface area contributed by atoms with Crippen molar-refractivity contribution in [2.45, 2.75) is 25.2 Å². The molecular weight excluding hydrogens is 386 g/mol. The van der Waals surface area contributed by atoms with Crippen LogP contribution in [0, 0.1) is 6.92 Å². The van der Waals surface area contributed by atoms with Crippen molar-refractivity contribution in [3.63, 3.8) is 0 Å². The van der Waals surface area contributed by atoms with Crippen molar-refractivity contribution in [1.29, 1.82) is 0 Å². The number of carbonyl (C=O) groups is 1. The van der Waals surface area contributed by atoms with Gasteiger partial charge in [-0.15, -0.1) is 0 Å². The van der Waals surface area contributed by atoms with E-state index in [0.29, 0.717) is 36.4 Å². The van der Waals surface area contributed by atoms with E-state index in [-0.39, 0.29) is 10.8 Å². The molecule has 2 aromatic rings. The molecule has 0 unspecified atom stereocenters. The standard InChI is InChI=1S/C22H29N3O3S/c1-4-25(20-9-6-5-7-10-20)29(27,28)21-17-19(12-11-18(21)2)22(26)24-14-8-13-23(3)15-16-24/h5-7,9-12,17H,4,8,13-16H2,1-3H3. The van der Waals surface area contributed by atoms with E-state index in [1.165, 1.54) is 10.4 Å². The topological polar surface area (TPSA) is 60.9 Å². The van der Waals surface area contributed by atoms with Gasteiger partial charge in [-0.3, -0.25) is 9.10 Å². The van der Waals surface area contributed by atoms with E-state index in [2.05, 4.69) is 4.90 Å². The predicted octanol–water partition coefficient (Wildman–Crippen LogP) is 2.99. The van der Waals surface area contributed by atoms with Gasteiger partial charge in [0.15, 0.2) is 0 Å². The maximum Gasteiger partial charge on any atom is 0.264 e. The Morgan fingerprint density at radius 2 is 1.76 bits per heavy atom. The Bertz CT molecular complexity index is 961. The molecule has 0 bridgehead atoms. The number of aryl methyl sites for hydroxylation is 1. The molecule has 1 aliphatic rings. The van der Waals surface area contributed by atoms with Crippen molar-refractivity contribution < 1.29 is 13.2 Å². The van der Waals surface area contributed by atoms with Crippen LogP contribution in [0.3, 0.4) is 0 Å². The highest BCUT2D eigenvalue weighted by Crippen LogP contribution is 2.26. The van der Waals surface area contributed by atoms with Crippen molar-refractivity contribution in [2.75, 3.05) is 44.1 Å². The van der Waals surface area contributed by atoms with Gasteiger partial charge >= 0.3 is 0 Å². The molecule has 0 atom stereocenters. The van der Waals surface area contributed by atoms with Gasteiger partial charge in [-0.1, -0.05) is 24.3 Å². The van der Waals surface area contributed by atoms with Crippen molar-refractivity contribution in [1.82, 2.24) is 9.80 Å². The second-order valence-electron chi connectivity index (χ2n) is 7.43. The highest BCUT2D eigenvalue weighted by atomic mass is 32.2. The van der Waals surface area contributed by atoms with Crippen LogP contribution in [-0.2, 0) is 10.0 Å². The number of anilines is 1. The Kier molecular flexibility index (Phi) is 6.59. The third-order valence-electron chi connectivity index (χ3n) is 5.34. The van der Waals surface area contributed by atoms with Gasteiger partial charge in [0.25, 0.3) is 15.9 Å². The number of para-hydroxylation sites is 1. The summed E-state index contributed by atoms with van der Waals surface area (Å²) in [5.74, 6) is -0.112. The van der Waals surface area contributed by atoms with Crippen molar-refractivity contribution in [3.8, 4) is 0 Å². The van der Waals surface area contributed by atoms with Gasteiger partial charge in [0, 0.05) is 31.7 Å². The molecule has 1 amide bonds. The van der Waals surface area contributed by atoms with Crippen LogP contribution in [0.15, 0.2) is 53.4 Å². The predicted molar refractivity (Wildman–Crippen MR) is 116 cm³/mol. The lowest BCUT2D eigenvalue weighted by atomic mass is 10.1. The van der Waals surface area contributed by atoms with E-state index in [1.54, 1.807) is 31.2 Å². The van der Waals surface area contributed by atoms with Gasteiger partial charge in [-0.05, 0) is 63.7 Å². The fraction of sp³-hybridized carbons (Fsp3) is 0.409. The van der Waals surface area contributed by atoms with Gasteiger partial charge in [-0.2, -0.15) is 0 Å². The maximum atomic E-state index is 13.4. The van der Waals surface area contributed by atoms with E-state index in [0.717, 1.165) is 19.5 Å². The smallest absolute Gasteiger partial charge is 0.264 e. The third kappa shape index (κ3) is 4.62. The summed E-state index contributed by atoms with van der Waals surface area (Å²) in [6.07, 6.45) is 0.914. The number of likely N-dealkylation sites (N-methyl/N-ethyl adjacent to an activating group) is 1. The largest absolute Gasteiger partial charge is 0.337 e. The van der Waals surface area contributed by atoms with Crippen LogP contribution in [-0.4, -0.2) is 63.9 Å². The lowest BCUT2D eigenvalue weighted by molar-refractivity contribution is 0.0762. The van der Waals surface area contributed by atoms with E-state index in [1.807, 2.05) is 37.1 Å². The molecular formula is C22H29N3O3S. The van der Waals surface area contributed by atoms with Crippen LogP contribution in [0.1, 0.15) is 29.3 Å². The van der Waals surface area contributed by atoms with Crippen molar-refractivity contribution in [2.24, 2.45) is 0 Å². The minimum Gasteiger partial charge on any atom is -0.337 e. The zero-order chi connectivity index (χ0) is 21.0. The van der Waals surface area contributed by atoms with E-state index >= 15 is 0 Å². The van der Waals surface area contributed by atoms with Crippen LogP contribution in [0.5, 0.6) is 0 Å². The highest BCUT2D eigenvalue weighted by Gasteiger charge is 2.27. The summed E-state index contributed by atoms with van der Waals surface area (Å²) in [6.45, 7) is 6.99. The summed E-state index contributed by atoms with van der Waals surface area (Å²) >= 11 is 0. The molecule has 0 N–H and O–H groups in total. The number of hydrogen-bond donors (Lipinski definition) is 0. The number of benzene rings is 2. The third-order valence-corrected chi connectivity index (χ3v) is 7.39. The van der Waals surface area contributed by atoms with Crippen molar-refractivity contribution >= 4 is 21.6 Å². The van der Waals surface area contributed by atoms with E-state index < -0.39 is 10.0 Å². The fourth-order valence-electron chi connectivity index (χ4n) is 3.65. The lowest BCUT2D eigenvalue weighted by Crippen LogP contribution is -2.35. The first-order valence-corrected chi connectivity index (χ1v) is 11.4. The number of sulfonamides is 1. The van der Waals surface area contributed by atoms with Gasteiger partial charge in [0.05, 0.1) is 10.6 Å². The SMILES string of the molecule is CCN(c1ccccc1)S(=O)(=O)c1cc(C(=O)N2CCCN(C)CC2)ccc1C. The summed E-state index contributed by atoms with van der Waals surface area (Å²) in [7, 11) is -1.73. The van der Waals surface area contributed by atoms with Crippen LogP contribution in [0.2, 0.25) is 0 Å². The second-order valence-corrected chi connectivity index (χ2v) is 9.27. The molecule has 0 aliphatic carbocycles. The average molecular weight is 416 g/mol. The highest BCUT2D eigenvalue weighted by molar-refractivity contribution is 7.92. The number of rotatable bonds is 5. The summed E-state index contributed by atoms with van der Waals surface area (Å²) in [4.78, 5) is 17.3. The first kappa shape index (κ1) is 21.3. The summed E-state index contributed by atoms with van der Waals surface area (Å²) < 4.78 is 28.2. The van der Waals surface area contributed by atoms with Gasteiger partial charge in [0.2, 0.25) is 0 Å². The number of carbonyl (C=O) groups excluding carboxylic acids is 1. The summed E-state index contributed by atoms with van der Waals surface area (Å²) in [5, 5.41) is 0. The molecule has 0 aromatic heterocycles. The molecule has 29 heavy (non-hydrogen) atoms. The van der Waals surface area contributed by atoms with Crippen molar-refractivity contribution in [3.05, 3.63) is 59.7 Å². The van der Waals surface area contributed by atoms with Crippen LogP contribution in [0.4, 0.5) is 5.69 Å². The van der Waals surface area contributed by atoms with Gasteiger partial charge in [0.1, 0.15) is 0 Å². The van der Waals surface area contributed by atoms with E-state index in [9.17, 15) is 13.2 Å². The first-order valence-electron chi connectivity index (χ1n) is 10.0. The number of hydrogen-bond acceptors (Lipinski definition) is 4. The molecule has 0 spiro atoms. The van der Waals surface area contributed by atoms with Crippen LogP contribution in [0.25, 0.3) is 0 Å². The van der Waals surface area contributed by atoms with Crippen LogP contribution < -0.4 is 4.31 Å². The fourth-order valence-corrected chi connectivity index (χ4v) is 5.37. The molecule has 2 aromatic carbocycles. The summed E-state index contributed by atoms with van der Waals surface area (Å²) in [5.41, 5.74) is 1.66. The van der Waals surface area contributed by atoms with Gasteiger partial charge < -0.3 is 9.80 Å². The number of nitrogens with zero attached hydrogens (tertiary/aromatic N) is 3. The molecule has 3 rings (SSSR count). The molecule has 1 fully saturated rings. The Morgan fingerprint density at radius 3 is 2.45 bits per heavy atom. The van der Waals surface area contributed by atoms with E-state index in [4.69, 9.17) is 0 Å². The molecule has 1 heterocycles. The molecule has 0 radical (unpaired) electrons. The molecule has 7 heteroatoms. The molecule has 1 saturated heterocycles. The van der Waals surface area contributed by atoms with Crippen LogP contribution >= 0.6 is 0 Å².